The Bertz CT molecular complexity index is 1800. The minimum absolute atomic E-state index is 0. The van der Waals surface area contributed by atoms with Crippen LogP contribution in [0.15, 0.2) is 91.0 Å². The minimum atomic E-state index is -4.83. The van der Waals surface area contributed by atoms with Crippen molar-refractivity contribution in [3.63, 3.8) is 0 Å². The van der Waals surface area contributed by atoms with Crippen molar-refractivity contribution in [2.24, 2.45) is 0 Å². The summed E-state index contributed by atoms with van der Waals surface area (Å²) >= 11 is 0. The summed E-state index contributed by atoms with van der Waals surface area (Å²) < 4.78 is 75.4. The molecule has 0 saturated carbocycles. The van der Waals surface area contributed by atoms with Gasteiger partial charge in [-0.3, -0.25) is 4.90 Å². The van der Waals surface area contributed by atoms with Gasteiger partial charge in [-0.15, -0.1) is 5.69 Å². The third-order valence-electron chi connectivity index (χ3n) is 8.68. The van der Waals surface area contributed by atoms with Crippen LogP contribution in [0.4, 0.5) is 49.1 Å². The van der Waals surface area contributed by atoms with E-state index < -0.39 is 48.3 Å². The fraction of sp³-hybridized carbons (Fsp3) is 0.455. The average Bonchev–Trinajstić information content (AvgIpc) is 3.09. The number of anilines is 3. The third kappa shape index (κ3) is 15.8. The fourth-order valence-electron chi connectivity index (χ4n) is 5.89. The molecule has 0 aliphatic rings. The molecule has 0 unspecified atom stereocenters. The van der Waals surface area contributed by atoms with Gasteiger partial charge in [-0.05, 0) is 112 Å². The molecule has 4 aromatic carbocycles. The van der Waals surface area contributed by atoms with E-state index in [1.807, 2.05) is 135 Å². The average molecular weight is 986 g/mol. The number of alkyl halides is 6. The first-order chi connectivity index (χ1) is 26.8. The van der Waals surface area contributed by atoms with E-state index in [1.54, 1.807) is 19.6 Å². The Kier molecular flexibility index (Phi) is 18.2. The van der Waals surface area contributed by atoms with Gasteiger partial charge >= 0.3 is 54.1 Å². The first-order valence-corrected chi connectivity index (χ1v) is 22.6. The summed E-state index contributed by atoms with van der Waals surface area (Å²) in [5, 5.41) is 43.1. The SMILES string of the molecule is CC(C)(C)N([O-])c1ccccc1CN(Cc1ccccc1N([O-])C(C)(C)C)Cc1ccccc1N([O-])C(C)(C)C.C[Si](C)(C)[N-]c1cc(C(F)(F)F)cc(C(F)(F)F)c1.[Ce+4]. The van der Waals surface area contributed by atoms with Gasteiger partial charge in [0.05, 0.1) is 11.1 Å². The molecule has 0 heterocycles. The molecule has 326 valence electrons. The molecule has 4 aromatic rings. The van der Waals surface area contributed by atoms with Crippen LogP contribution in [0.5, 0.6) is 0 Å². The molecule has 0 atom stereocenters. The van der Waals surface area contributed by atoms with Crippen LogP contribution in [0, 0.1) is 57.4 Å². The van der Waals surface area contributed by atoms with Crippen LogP contribution < -0.4 is 15.2 Å². The molecule has 60 heavy (non-hydrogen) atoms. The van der Waals surface area contributed by atoms with Gasteiger partial charge in [-0.2, -0.15) is 26.3 Å². The van der Waals surface area contributed by atoms with Crippen molar-refractivity contribution in [2.75, 3.05) is 15.2 Å². The third-order valence-corrected chi connectivity index (χ3v) is 9.61. The fourth-order valence-corrected chi connectivity index (χ4v) is 6.80. The van der Waals surface area contributed by atoms with Crippen LogP contribution in [-0.2, 0) is 32.0 Å². The van der Waals surface area contributed by atoms with Crippen LogP contribution in [0.3, 0.4) is 0 Å². The van der Waals surface area contributed by atoms with Crippen molar-refractivity contribution in [3.05, 3.63) is 139 Å². The number of rotatable bonds is 11. The van der Waals surface area contributed by atoms with E-state index in [-0.39, 0.29) is 53.5 Å². The zero-order chi connectivity index (χ0) is 44.9. The molecular formula is C44H57CeF6N5O3Si. The molecule has 4 rings (SSSR count). The summed E-state index contributed by atoms with van der Waals surface area (Å²) in [6, 6.07) is 24.3. The molecule has 0 bridgehead atoms. The normalized spacial score (nSPS) is 12.6. The van der Waals surface area contributed by atoms with E-state index in [0.717, 1.165) is 31.9 Å². The van der Waals surface area contributed by atoms with Crippen molar-refractivity contribution in [1.82, 2.24) is 4.90 Å². The molecule has 0 aliphatic heterocycles. The van der Waals surface area contributed by atoms with Crippen molar-refractivity contribution in [3.8, 4) is 0 Å². The number of para-hydroxylation sites is 3. The molecule has 0 amide bonds. The number of halogens is 6. The summed E-state index contributed by atoms with van der Waals surface area (Å²) in [7, 11) is -2.17. The van der Waals surface area contributed by atoms with Crippen LogP contribution in [0.1, 0.15) is 90.1 Å². The Hall–Kier alpha value is -2.91. The van der Waals surface area contributed by atoms with E-state index in [2.05, 4.69) is 9.88 Å². The predicted molar refractivity (Wildman–Crippen MR) is 232 cm³/mol. The number of hydrogen-bond donors (Lipinski definition) is 0. The maximum atomic E-state index is 13.3. The number of nitrogens with zero attached hydrogens (tertiary/aromatic N) is 5. The molecule has 0 N–H and O–H groups in total. The maximum Gasteiger partial charge on any atom is 4.00 e. The van der Waals surface area contributed by atoms with Crippen molar-refractivity contribution in [2.45, 2.75) is 131 Å². The van der Waals surface area contributed by atoms with Gasteiger partial charge < -0.3 is 35.8 Å². The van der Waals surface area contributed by atoms with Gasteiger partial charge in [0.15, 0.2) is 0 Å². The van der Waals surface area contributed by atoms with Crippen molar-refractivity contribution < 1.29 is 68.1 Å². The van der Waals surface area contributed by atoms with Gasteiger partial charge in [0.2, 0.25) is 0 Å². The first kappa shape index (κ1) is 53.2. The molecule has 8 nitrogen and oxygen atoms in total. The minimum Gasteiger partial charge on any atom is -0.758 e. The van der Waals surface area contributed by atoms with Crippen LogP contribution in [0.2, 0.25) is 19.6 Å². The summed E-state index contributed by atoms with van der Waals surface area (Å²) in [4.78, 5) is 6.17. The Labute approximate surface area is 386 Å². The standard InChI is InChI=1S/C33H45N4O3.C11H12F6NSi.Ce/c1-31(2,3)35(38)28-19-13-10-16-25(28)22-34(23-26-17-11-14-20-29(26)36(39)32(4,5)6)24-27-18-12-15-21-30(27)37(40)33(7,8)9;1-19(2,3)18-9-5-7(10(12,13)14)4-8(6-9)11(15,16)17;/h10-21H,22-24H2,1-9H3;4-6H,1-3H3;/q-3;-1;+4. The molecule has 0 radical (unpaired) electrons. The molecule has 16 heteroatoms. The first-order valence-electron chi connectivity index (χ1n) is 19.2. The monoisotopic (exact) mass is 985 g/mol. The van der Waals surface area contributed by atoms with E-state index >= 15 is 0 Å². The number of benzene rings is 4. The summed E-state index contributed by atoms with van der Waals surface area (Å²) in [6.07, 6.45) is -9.66. The number of hydroxylamine groups is 3. The van der Waals surface area contributed by atoms with Gasteiger partial charge in [0.25, 0.3) is 0 Å². The Balaban J connectivity index is 0.000000521. The molecule has 0 spiro atoms. The van der Waals surface area contributed by atoms with E-state index in [4.69, 9.17) is 0 Å². The largest absolute Gasteiger partial charge is 4.00 e. The summed E-state index contributed by atoms with van der Waals surface area (Å²) in [5.41, 5.74) is -0.278. The second kappa shape index (κ2) is 20.5. The smallest absolute Gasteiger partial charge is 0.758 e. The Morgan fingerprint density at radius 2 is 0.750 bits per heavy atom. The molecule has 0 aliphatic carbocycles. The van der Waals surface area contributed by atoms with Crippen molar-refractivity contribution >= 4 is 31.0 Å². The molecule has 0 fully saturated rings. The summed E-state index contributed by atoms with van der Waals surface area (Å²) in [5.74, 6) is 0. The van der Waals surface area contributed by atoms with Gasteiger partial charge in [-0.1, -0.05) is 86.4 Å². The Morgan fingerprint density at radius 1 is 0.483 bits per heavy atom. The van der Waals surface area contributed by atoms with Gasteiger partial charge in [0.1, 0.15) is 0 Å². The van der Waals surface area contributed by atoms with Gasteiger partial charge in [0, 0.05) is 53.3 Å². The maximum absolute atomic E-state index is 13.3. The quantitative estimate of drug-likeness (QED) is 0.0839. The van der Waals surface area contributed by atoms with Crippen LogP contribution in [0.25, 0.3) is 4.98 Å². The van der Waals surface area contributed by atoms with E-state index in [0.29, 0.717) is 48.8 Å². The number of hydrogen-bond acceptors (Lipinski definition) is 7. The summed E-state index contributed by atoms with van der Waals surface area (Å²) in [6.45, 7) is 23.6. The zero-order valence-electron chi connectivity index (χ0n) is 36.5. The van der Waals surface area contributed by atoms with Crippen LogP contribution in [-0.4, -0.2) is 29.8 Å². The second-order valence-corrected chi connectivity index (χ2v) is 23.0. The second-order valence-electron chi connectivity index (χ2n) is 18.5. The van der Waals surface area contributed by atoms with E-state index in [9.17, 15) is 42.0 Å². The molecule has 0 saturated heterocycles. The molecular weight excluding hydrogens is 929 g/mol. The van der Waals surface area contributed by atoms with Crippen molar-refractivity contribution in [1.29, 1.82) is 0 Å². The predicted octanol–water partition coefficient (Wildman–Crippen LogP) is 13.8. The van der Waals surface area contributed by atoms with E-state index in [1.165, 1.54) is 0 Å². The zero-order valence-corrected chi connectivity index (χ0v) is 40.7. The molecule has 0 aromatic heterocycles. The van der Waals surface area contributed by atoms with Gasteiger partial charge in [-0.25, -0.2) is 0 Å². The topological polar surface area (TPSA) is 96.2 Å². The Morgan fingerprint density at radius 3 is 0.983 bits per heavy atom. The van der Waals surface area contributed by atoms with Crippen LogP contribution >= 0.6 is 0 Å².